The summed E-state index contributed by atoms with van der Waals surface area (Å²) in [6.07, 6.45) is 0. The summed E-state index contributed by atoms with van der Waals surface area (Å²) < 4.78 is 33.6. The predicted octanol–water partition coefficient (Wildman–Crippen LogP) is 2.89. The Labute approximate surface area is 163 Å². The molecule has 1 amide bonds. The van der Waals surface area contributed by atoms with Gasteiger partial charge in [0.05, 0.1) is 5.75 Å². The normalized spacial score (nSPS) is 10.7. The molecule has 0 saturated heterocycles. The fourth-order valence-corrected chi connectivity index (χ4v) is 2.88. The van der Waals surface area contributed by atoms with Gasteiger partial charge in [0.1, 0.15) is 12.4 Å². The minimum atomic E-state index is -0.496. The highest BCUT2D eigenvalue weighted by Crippen LogP contribution is 2.19. The van der Waals surface area contributed by atoms with E-state index in [1.54, 1.807) is 31.2 Å². The molecule has 1 heterocycles. The maximum absolute atomic E-state index is 13.6. The molecule has 7 nitrogen and oxygen atoms in total. The van der Waals surface area contributed by atoms with Crippen LogP contribution in [0.2, 0.25) is 0 Å². The van der Waals surface area contributed by atoms with E-state index >= 15 is 0 Å². The number of amides is 1. The lowest BCUT2D eigenvalue weighted by molar-refractivity contribution is -0.113. The van der Waals surface area contributed by atoms with Crippen molar-refractivity contribution in [2.24, 2.45) is 0 Å². The van der Waals surface area contributed by atoms with Gasteiger partial charge in [0, 0.05) is 5.69 Å². The highest BCUT2D eigenvalue weighted by atomic mass is 32.2. The minimum Gasteiger partial charge on any atom is -0.482 e. The van der Waals surface area contributed by atoms with Gasteiger partial charge in [-0.15, -0.1) is 10.2 Å². The molecule has 146 valence electrons. The first-order chi connectivity index (χ1) is 13.4. The Kier molecular flexibility index (Phi) is 6.09. The first-order valence-electron chi connectivity index (χ1n) is 8.19. The standard InChI is InChI=1S/C18H17F2N5O2S/c1-11-6-7-12(8-14(11)20)22-17(26)10-28-18-24-23-16(25(18)21)9-27-15-5-3-2-4-13(15)19/h2-8H,9-10,21H2,1H3,(H,22,26). The third-order valence-electron chi connectivity index (χ3n) is 3.72. The van der Waals surface area contributed by atoms with Crippen molar-refractivity contribution in [2.75, 3.05) is 16.9 Å². The quantitative estimate of drug-likeness (QED) is 0.464. The molecule has 3 aromatic rings. The molecule has 0 saturated carbocycles. The van der Waals surface area contributed by atoms with Crippen LogP contribution in [0.4, 0.5) is 14.5 Å². The number of nitrogens with two attached hydrogens (primary N) is 1. The summed E-state index contributed by atoms with van der Waals surface area (Å²) in [6, 6.07) is 10.4. The van der Waals surface area contributed by atoms with E-state index in [0.717, 1.165) is 11.8 Å². The SMILES string of the molecule is Cc1ccc(NC(=O)CSc2nnc(COc3ccccc3F)n2N)cc1F. The van der Waals surface area contributed by atoms with Crippen molar-refractivity contribution in [1.82, 2.24) is 14.9 Å². The van der Waals surface area contributed by atoms with Gasteiger partial charge in [-0.3, -0.25) is 4.79 Å². The van der Waals surface area contributed by atoms with Gasteiger partial charge >= 0.3 is 0 Å². The van der Waals surface area contributed by atoms with Crippen molar-refractivity contribution >= 4 is 23.4 Å². The van der Waals surface area contributed by atoms with Gasteiger partial charge in [-0.25, -0.2) is 13.5 Å². The van der Waals surface area contributed by atoms with Crippen LogP contribution >= 0.6 is 11.8 Å². The number of anilines is 1. The van der Waals surface area contributed by atoms with Crippen LogP contribution in [0.5, 0.6) is 5.75 Å². The van der Waals surface area contributed by atoms with Crippen LogP contribution in [0.1, 0.15) is 11.4 Å². The molecule has 3 N–H and O–H groups in total. The van der Waals surface area contributed by atoms with Gasteiger partial charge in [-0.1, -0.05) is 30.0 Å². The Bertz CT molecular complexity index is 996. The van der Waals surface area contributed by atoms with E-state index in [1.807, 2.05) is 0 Å². The molecule has 0 spiro atoms. The Morgan fingerprint density at radius 1 is 1.21 bits per heavy atom. The van der Waals surface area contributed by atoms with Crippen molar-refractivity contribution in [3.05, 3.63) is 65.5 Å². The van der Waals surface area contributed by atoms with Crippen LogP contribution in [0.3, 0.4) is 0 Å². The van der Waals surface area contributed by atoms with E-state index in [-0.39, 0.29) is 35.0 Å². The number of nitrogens with zero attached hydrogens (tertiary/aromatic N) is 3. The summed E-state index contributed by atoms with van der Waals surface area (Å²) in [7, 11) is 0. The Hall–Kier alpha value is -3.14. The van der Waals surface area contributed by atoms with Crippen molar-refractivity contribution in [1.29, 1.82) is 0 Å². The van der Waals surface area contributed by atoms with Crippen molar-refractivity contribution in [2.45, 2.75) is 18.7 Å². The average molecular weight is 405 g/mol. The Morgan fingerprint density at radius 3 is 2.75 bits per heavy atom. The van der Waals surface area contributed by atoms with Gasteiger partial charge in [0.2, 0.25) is 11.1 Å². The maximum Gasteiger partial charge on any atom is 0.234 e. The zero-order valence-electron chi connectivity index (χ0n) is 14.9. The number of nitrogens with one attached hydrogen (secondary N) is 1. The van der Waals surface area contributed by atoms with Crippen LogP contribution < -0.4 is 15.9 Å². The number of benzene rings is 2. The predicted molar refractivity (Wildman–Crippen MR) is 101 cm³/mol. The molecule has 3 rings (SSSR count). The maximum atomic E-state index is 13.6. The van der Waals surface area contributed by atoms with Crippen LogP contribution in [0, 0.1) is 18.6 Å². The smallest absolute Gasteiger partial charge is 0.234 e. The largest absolute Gasteiger partial charge is 0.482 e. The number of thioether (sulfide) groups is 1. The van der Waals surface area contributed by atoms with E-state index in [4.69, 9.17) is 10.6 Å². The van der Waals surface area contributed by atoms with Gasteiger partial charge in [-0.2, -0.15) is 0 Å². The number of hydrogen-bond acceptors (Lipinski definition) is 6. The molecule has 0 aliphatic carbocycles. The molecule has 0 fully saturated rings. The lowest BCUT2D eigenvalue weighted by Gasteiger charge is -2.07. The molecule has 10 heteroatoms. The van der Waals surface area contributed by atoms with Gasteiger partial charge in [0.15, 0.2) is 17.4 Å². The van der Waals surface area contributed by atoms with E-state index in [2.05, 4.69) is 15.5 Å². The zero-order valence-corrected chi connectivity index (χ0v) is 15.7. The van der Waals surface area contributed by atoms with Crippen LogP contribution in [0.25, 0.3) is 0 Å². The zero-order chi connectivity index (χ0) is 20.1. The first-order valence-corrected chi connectivity index (χ1v) is 9.18. The van der Waals surface area contributed by atoms with Gasteiger partial charge in [0.25, 0.3) is 0 Å². The third kappa shape index (κ3) is 4.77. The number of para-hydroxylation sites is 1. The second-order valence-electron chi connectivity index (χ2n) is 5.79. The number of carbonyl (C=O) groups excluding carboxylic acids is 1. The summed E-state index contributed by atoms with van der Waals surface area (Å²) in [6.45, 7) is 1.55. The molecule has 0 aliphatic rings. The number of rotatable bonds is 7. The molecule has 0 aliphatic heterocycles. The monoisotopic (exact) mass is 405 g/mol. The molecule has 0 radical (unpaired) electrons. The number of ether oxygens (including phenoxy) is 1. The Balaban J connectivity index is 1.54. The molecule has 2 aromatic carbocycles. The van der Waals surface area contributed by atoms with E-state index in [9.17, 15) is 13.6 Å². The van der Waals surface area contributed by atoms with Crippen LogP contribution in [-0.4, -0.2) is 26.5 Å². The number of carbonyl (C=O) groups is 1. The average Bonchev–Trinajstić information content (AvgIpc) is 3.02. The number of hydrogen-bond donors (Lipinski definition) is 2. The lowest BCUT2D eigenvalue weighted by Crippen LogP contribution is -2.18. The van der Waals surface area contributed by atoms with Crippen molar-refractivity contribution < 1.29 is 18.3 Å². The van der Waals surface area contributed by atoms with E-state index < -0.39 is 11.6 Å². The summed E-state index contributed by atoms with van der Waals surface area (Å²) >= 11 is 1.06. The number of nitrogen functional groups attached to an aromatic ring is 1. The second-order valence-corrected chi connectivity index (χ2v) is 6.73. The molecule has 0 unspecified atom stereocenters. The van der Waals surface area contributed by atoms with E-state index in [0.29, 0.717) is 11.3 Å². The highest BCUT2D eigenvalue weighted by molar-refractivity contribution is 7.99. The lowest BCUT2D eigenvalue weighted by atomic mass is 10.2. The fourth-order valence-electron chi connectivity index (χ4n) is 2.21. The fraction of sp³-hybridized carbons (Fsp3) is 0.167. The van der Waals surface area contributed by atoms with Gasteiger partial charge < -0.3 is 15.9 Å². The van der Waals surface area contributed by atoms with E-state index in [1.165, 1.54) is 22.9 Å². The summed E-state index contributed by atoms with van der Waals surface area (Å²) in [5, 5.41) is 10.7. The Morgan fingerprint density at radius 2 is 2.00 bits per heavy atom. The van der Waals surface area contributed by atoms with Crippen LogP contribution in [0.15, 0.2) is 47.6 Å². The van der Waals surface area contributed by atoms with Crippen LogP contribution in [-0.2, 0) is 11.4 Å². The van der Waals surface area contributed by atoms with Gasteiger partial charge in [-0.05, 0) is 36.8 Å². The molecule has 1 aromatic heterocycles. The minimum absolute atomic E-state index is 0.000993. The molecular weight excluding hydrogens is 388 g/mol. The number of aryl methyl sites for hydroxylation is 1. The van der Waals surface area contributed by atoms with Crippen molar-refractivity contribution in [3.8, 4) is 5.75 Å². The summed E-state index contributed by atoms with van der Waals surface area (Å²) in [5.41, 5.74) is 0.857. The highest BCUT2D eigenvalue weighted by Gasteiger charge is 2.14. The van der Waals surface area contributed by atoms with Crippen molar-refractivity contribution in [3.63, 3.8) is 0 Å². The molecule has 0 bridgehead atoms. The summed E-state index contributed by atoms with van der Waals surface area (Å²) in [4.78, 5) is 12.0. The molecule has 28 heavy (non-hydrogen) atoms. The second kappa shape index (κ2) is 8.70. The first kappa shape index (κ1) is 19.6. The molecule has 0 atom stereocenters. The topological polar surface area (TPSA) is 95.1 Å². The summed E-state index contributed by atoms with van der Waals surface area (Å²) in [5.74, 6) is 5.00. The number of aromatic nitrogens is 3. The molecular formula is C18H17F2N5O2S. The number of halogens is 2. The third-order valence-corrected chi connectivity index (χ3v) is 4.66.